The van der Waals surface area contributed by atoms with Crippen molar-refractivity contribution in [1.29, 1.82) is 0 Å². The number of carbonyl (C=O) groups is 2. The fourth-order valence-corrected chi connectivity index (χ4v) is 1.98. The zero-order chi connectivity index (χ0) is 13.9. The number of hydrogen-bond acceptors (Lipinski definition) is 4. The molecule has 0 saturated heterocycles. The molecule has 0 fully saturated rings. The largest absolute Gasteiger partial charge is 0.480 e. The number of aromatic nitrogens is 1. The maximum absolute atomic E-state index is 11.6. The van der Waals surface area contributed by atoms with E-state index in [0.29, 0.717) is 10.6 Å². The zero-order valence-electron chi connectivity index (χ0n) is 10.8. The molecule has 18 heavy (non-hydrogen) atoms. The van der Waals surface area contributed by atoms with Gasteiger partial charge in [0.05, 0.1) is 10.6 Å². The Morgan fingerprint density at radius 2 is 1.94 bits per heavy atom. The molecule has 0 radical (unpaired) electrons. The molecule has 1 heterocycles. The molecule has 0 spiro atoms. The molecule has 1 amide bonds. The van der Waals surface area contributed by atoms with Crippen LogP contribution in [0.3, 0.4) is 0 Å². The van der Waals surface area contributed by atoms with E-state index in [9.17, 15) is 9.59 Å². The minimum atomic E-state index is -0.944. The predicted molar refractivity (Wildman–Crippen MR) is 69.8 cm³/mol. The summed E-state index contributed by atoms with van der Waals surface area (Å²) in [6, 6.07) is 3.31. The summed E-state index contributed by atoms with van der Waals surface area (Å²) in [5, 5.41) is 9.59. The molecule has 0 aromatic carbocycles. The number of pyridine rings is 1. The van der Waals surface area contributed by atoms with Crippen LogP contribution < -0.4 is 0 Å². The summed E-state index contributed by atoms with van der Waals surface area (Å²) in [6.45, 7) is 3.22. The van der Waals surface area contributed by atoms with Crippen molar-refractivity contribution in [2.75, 3.05) is 14.1 Å². The zero-order valence-corrected chi connectivity index (χ0v) is 11.6. The molecule has 1 rings (SSSR count). The standard InChI is InChI=1S/C12H16N2O3S/c1-12(2,11(16)17)18-9-6-5-8(7-13-9)10(15)14(3)4/h5-7H,1-4H3,(H,16,17). The topological polar surface area (TPSA) is 70.5 Å². The van der Waals surface area contributed by atoms with Crippen LogP contribution in [0.5, 0.6) is 0 Å². The maximum Gasteiger partial charge on any atom is 0.319 e. The predicted octanol–water partition coefficient (Wildman–Crippen LogP) is 1.74. The number of carboxylic acids is 1. The molecule has 1 aromatic rings. The van der Waals surface area contributed by atoms with E-state index in [1.165, 1.54) is 11.1 Å². The SMILES string of the molecule is CN(C)C(=O)c1ccc(SC(C)(C)C(=O)O)nc1. The first-order valence-corrected chi connectivity index (χ1v) is 6.16. The number of amides is 1. The van der Waals surface area contributed by atoms with Gasteiger partial charge in [-0.15, -0.1) is 0 Å². The summed E-state index contributed by atoms with van der Waals surface area (Å²) in [5.74, 6) is -1.03. The molecule has 0 saturated carbocycles. The van der Waals surface area contributed by atoms with Gasteiger partial charge >= 0.3 is 5.97 Å². The Kier molecular flexibility index (Phi) is 4.34. The van der Waals surface area contributed by atoms with Crippen LogP contribution in [0.1, 0.15) is 24.2 Å². The first-order chi connectivity index (χ1) is 8.24. The van der Waals surface area contributed by atoms with Gasteiger partial charge in [0.2, 0.25) is 0 Å². The van der Waals surface area contributed by atoms with E-state index in [0.717, 1.165) is 11.8 Å². The van der Waals surface area contributed by atoms with Gasteiger partial charge in [0.15, 0.2) is 0 Å². The van der Waals surface area contributed by atoms with Gasteiger partial charge in [-0.1, -0.05) is 11.8 Å². The van der Waals surface area contributed by atoms with Crippen molar-refractivity contribution in [2.45, 2.75) is 23.6 Å². The summed E-state index contributed by atoms with van der Waals surface area (Å²) >= 11 is 1.15. The molecule has 0 aliphatic carbocycles. The van der Waals surface area contributed by atoms with E-state index in [-0.39, 0.29) is 5.91 Å². The van der Waals surface area contributed by atoms with Crippen LogP contribution in [0.2, 0.25) is 0 Å². The number of rotatable bonds is 4. The summed E-state index contributed by atoms with van der Waals surface area (Å²) in [6.07, 6.45) is 1.46. The van der Waals surface area contributed by atoms with Crippen LogP contribution in [-0.4, -0.2) is 45.7 Å². The average molecular weight is 268 g/mol. The van der Waals surface area contributed by atoms with E-state index in [1.54, 1.807) is 40.1 Å². The van der Waals surface area contributed by atoms with Crippen LogP contribution in [0, 0.1) is 0 Å². The minimum absolute atomic E-state index is 0.128. The average Bonchev–Trinajstić information content (AvgIpc) is 2.28. The maximum atomic E-state index is 11.6. The molecule has 1 aromatic heterocycles. The smallest absolute Gasteiger partial charge is 0.319 e. The molecule has 0 atom stereocenters. The second kappa shape index (κ2) is 5.39. The van der Waals surface area contributed by atoms with E-state index < -0.39 is 10.7 Å². The Labute approximate surface area is 110 Å². The van der Waals surface area contributed by atoms with Gasteiger partial charge in [0, 0.05) is 20.3 Å². The Morgan fingerprint density at radius 1 is 1.33 bits per heavy atom. The van der Waals surface area contributed by atoms with Gasteiger partial charge in [-0.3, -0.25) is 9.59 Å². The molecule has 98 valence electrons. The molecular formula is C12H16N2O3S. The number of thioether (sulfide) groups is 1. The van der Waals surface area contributed by atoms with Crippen LogP contribution in [0.15, 0.2) is 23.4 Å². The van der Waals surface area contributed by atoms with E-state index >= 15 is 0 Å². The molecule has 6 heteroatoms. The highest BCUT2D eigenvalue weighted by atomic mass is 32.2. The van der Waals surface area contributed by atoms with Crippen molar-refractivity contribution in [2.24, 2.45) is 0 Å². The number of hydrogen-bond donors (Lipinski definition) is 1. The third-order valence-electron chi connectivity index (χ3n) is 2.26. The first kappa shape index (κ1) is 14.5. The lowest BCUT2D eigenvalue weighted by atomic mass is 10.2. The number of nitrogens with zero attached hydrogens (tertiary/aromatic N) is 2. The Balaban J connectivity index is 2.84. The summed E-state index contributed by atoms with van der Waals surface area (Å²) in [7, 11) is 3.33. The van der Waals surface area contributed by atoms with E-state index in [4.69, 9.17) is 5.11 Å². The molecule has 0 bridgehead atoms. The van der Waals surface area contributed by atoms with Crippen molar-refractivity contribution in [3.8, 4) is 0 Å². The number of aliphatic carboxylic acids is 1. The van der Waals surface area contributed by atoms with Crippen LogP contribution >= 0.6 is 11.8 Å². The van der Waals surface area contributed by atoms with Crippen molar-refractivity contribution >= 4 is 23.6 Å². The van der Waals surface area contributed by atoms with Crippen molar-refractivity contribution < 1.29 is 14.7 Å². The quantitative estimate of drug-likeness (QED) is 0.842. The van der Waals surface area contributed by atoms with Crippen LogP contribution in [-0.2, 0) is 4.79 Å². The Hall–Kier alpha value is -1.56. The normalized spacial score (nSPS) is 11.1. The summed E-state index contributed by atoms with van der Waals surface area (Å²) in [5.41, 5.74) is 0.484. The third kappa shape index (κ3) is 3.46. The van der Waals surface area contributed by atoms with E-state index in [2.05, 4.69) is 4.98 Å². The van der Waals surface area contributed by atoms with Crippen LogP contribution in [0.4, 0.5) is 0 Å². The van der Waals surface area contributed by atoms with Crippen molar-refractivity contribution in [3.05, 3.63) is 23.9 Å². The molecular weight excluding hydrogens is 252 g/mol. The molecule has 0 aliphatic heterocycles. The lowest BCUT2D eigenvalue weighted by Crippen LogP contribution is -2.27. The monoisotopic (exact) mass is 268 g/mol. The van der Waals surface area contributed by atoms with Crippen LogP contribution in [0.25, 0.3) is 0 Å². The Bertz CT molecular complexity index is 455. The first-order valence-electron chi connectivity index (χ1n) is 5.34. The second-order valence-electron chi connectivity index (χ2n) is 4.50. The van der Waals surface area contributed by atoms with Gasteiger partial charge < -0.3 is 10.0 Å². The van der Waals surface area contributed by atoms with Crippen molar-refractivity contribution in [3.63, 3.8) is 0 Å². The second-order valence-corrected chi connectivity index (χ2v) is 6.15. The number of carbonyl (C=O) groups excluding carboxylic acids is 1. The van der Waals surface area contributed by atoms with Gasteiger partial charge in [0.1, 0.15) is 4.75 Å². The lowest BCUT2D eigenvalue weighted by molar-refractivity contribution is -0.138. The van der Waals surface area contributed by atoms with Gasteiger partial charge in [0.25, 0.3) is 5.91 Å². The van der Waals surface area contributed by atoms with Crippen molar-refractivity contribution in [1.82, 2.24) is 9.88 Å². The fourth-order valence-electron chi connectivity index (χ4n) is 1.13. The summed E-state index contributed by atoms with van der Waals surface area (Å²) < 4.78 is -0.944. The lowest BCUT2D eigenvalue weighted by Gasteiger charge is -2.17. The molecule has 5 nitrogen and oxygen atoms in total. The highest BCUT2D eigenvalue weighted by Gasteiger charge is 2.29. The Morgan fingerprint density at radius 3 is 2.33 bits per heavy atom. The van der Waals surface area contributed by atoms with Gasteiger partial charge in [-0.25, -0.2) is 4.98 Å². The minimum Gasteiger partial charge on any atom is -0.480 e. The third-order valence-corrected chi connectivity index (χ3v) is 3.40. The molecule has 0 unspecified atom stereocenters. The van der Waals surface area contributed by atoms with Gasteiger partial charge in [-0.05, 0) is 26.0 Å². The fraction of sp³-hybridized carbons (Fsp3) is 0.417. The highest BCUT2D eigenvalue weighted by Crippen LogP contribution is 2.31. The molecule has 1 N–H and O–H groups in total. The number of carboxylic acid groups (broad SMARTS) is 1. The van der Waals surface area contributed by atoms with E-state index in [1.807, 2.05) is 0 Å². The van der Waals surface area contributed by atoms with Gasteiger partial charge in [-0.2, -0.15) is 0 Å². The summed E-state index contributed by atoms with van der Waals surface area (Å²) in [4.78, 5) is 28.2. The molecule has 0 aliphatic rings. The highest BCUT2D eigenvalue weighted by molar-refractivity contribution is 8.01.